The van der Waals surface area contributed by atoms with Crippen LogP contribution in [0, 0.1) is 0 Å². The normalized spacial score (nSPS) is 10.6. The zero-order valence-electron chi connectivity index (χ0n) is 14.3. The highest BCUT2D eigenvalue weighted by atomic mass is 35.5. The van der Waals surface area contributed by atoms with Crippen LogP contribution in [0.1, 0.15) is 12.5 Å². The van der Waals surface area contributed by atoms with Gasteiger partial charge in [-0.3, -0.25) is 5.32 Å². The van der Waals surface area contributed by atoms with Crippen LogP contribution in [0.15, 0.2) is 51.7 Å². The largest absolute Gasteiger partial charge is 0.487 e. The third-order valence-electron chi connectivity index (χ3n) is 3.65. The first-order valence-corrected chi connectivity index (χ1v) is 8.81. The van der Waals surface area contributed by atoms with E-state index in [1.165, 1.54) is 6.07 Å². The van der Waals surface area contributed by atoms with E-state index in [-0.39, 0.29) is 13.2 Å². The Balaban J connectivity index is 1.88. The lowest BCUT2D eigenvalue weighted by Crippen LogP contribution is -2.13. The number of fused-ring (bicyclic) bond motifs is 1. The van der Waals surface area contributed by atoms with Crippen molar-refractivity contribution in [1.29, 1.82) is 0 Å². The van der Waals surface area contributed by atoms with Gasteiger partial charge in [0.15, 0.2) is 0 Å². The maximum atomic E-state index is 11.9. The van der Waals surface area contributed by atoms with Crippen LogP contribution in [0.2, 0.25) is 10.0 Å². The van der Waals surface area contributed by atoms with Crippen LogP contribution < -0.4 is 15.7 Å². The van der Waals surface area contributed by atoms with Crippen molar-refractivity contribution >= 4 is 46.0 Å². The number of benzene rings is 2. The molecule has 0 saturated carbocycles. The predicted octanol–water partition coefficient (Wildman–Crippen LogP) is 5.25. The Kier molecular flexibility index (Phi) is 5.88. The summed E-state index contributed by atoms with van der Waals surface area (Å²) in [6.07, 6.45) is -0.589. The van der Waals surface area contributed by atoms with Gasteiger partial charge >= 0.3 is 11.7 Å². The van der Waals surface area contributed by atoms with Crippen LogP contribution in [-0.4, -0.2) is 12.7 Å². The molecular formula is C19H15Cl2NO5. The van der Waals surface area contributed by atoms with Gasteiger partial charge in [-0.05, 0) is 31.2 Å². The number of hydrogen-bond acceptors (Lipinski definition) is 5. The summed E-state index contributed by atoms with van der Waals surface area (Å²) in [6.45, 7) is 2.05. The van der Waals surface area contributed by atoms with E-state index < -0.39 is 11.7 Å². The van der Waals surface area contributed by atoms with E-state index in [0.717, 1.165) is 0 Å². The molecule has 1 aromatic heterocycles. The topological polar surface area (TPSA) is 77.8 Å². The molecule has 27 heavy (non-hydrogen) atoms. The summed E-state index contributed by atoms with van der Waals surface area (Å²) in [4.78, 5) is 23.4. The molecule has 0 saturated heterocycles. The van der Waals surface area contributed by atoms with E-state index in [0.29, 0.717) is 38.0 Å². The standard InChI is InChI=1S/C19H15Cl2NO5/c1-2-25-19(24)22-12-6-7-13-11(8-17(23)27-16(13)9-12)10-26-15-5-3-4-14(20)18(15)21/h3-9H,2,10H2,1H3,(H,22,24). The molecule has 0 bridgehead atoms. The first kappa shape index (κ1) is 19.1. The van der Waals surface area contributed by atoms with Gasteiger partial charge in [0.25, 0.3) is 0 Å². The van der Waals surface area contributed by atoms with E-state index in [1.54, 1.807) is 43.3 Å². The van der Waals surface area contributed by atoms with Gasteiger partial charge in [0.1, 0.15) is 23.0 Å². The van der Waals surface area contributed by atoms with Gasteiger partial charge in [0.2, 0.25) is 0 Å². The van der Waals surface area contributed by atoms with Crippen LogP contribution in [-0.2, 0) is 11.3 Å². The Morgan fingerprint density at radius 1 is 1.19 bits per heavy atom. The number of halogens is 2. The van der Waals surface area contributed by atoms with Crippen molar-refractivity contribution in [1.82, 2.24) is 0 Å². The summed E-state index contributed by atoms with van der Waals surface area (Å²) in [5, 5.41) is 3.90. The second-order valence-electron chi connectivity index (χ2n) is 5.49. The minimum absolute atomic E-state index is 0.0901. The third kappa shape index (κ3) is 4.53. The van der Waals surface area contributed by atoms with Crippen molar-refractivity contribution in [2.45, 2.75) is 13.5 Å². The molecule has 1 heterocycles. The van der Waals surface area contributed by atoms with Gasteiger partial charge in [-0.2, -0.15) is 0 Å². The smallest absolute Gasteiger partial charge is 0.411 e. The average molecular weight is 408 g/mol. The van der Waals surface area contributed by atoms with Gasteiger partial charge in [-0.25, -0.2) is 9.59 Å². The molecule has 0 aliphatic rings. The molecule has 6 nitrogen and oxygen atoms in total. The van der Waals surface area contributed by atoms with Gasteiger partial charge in [-0.1, -0.05) is 29.3 Å². The Morgan fingerprint density at radius 2 is 2.00 bits per heavy atom. The monoisotopic (exact) mass is 407 g/mol. The molecule has 3 rings (SSSR count). The molecule has 0 radical (unpaired) electrons. The van der Waals surface area contributed by atoms with Crippen molar-refractivity contribution in [2.24, 2.45) is 0 Å². The highest BCUT2D eigenvalue weighted by Crippen LogP contribution is 2.32. The molecule has 0 aliphatic carbocycles. The summed E-state index contributed by atoms with van der Waals surface area (Å²) in [5.74, 6) is 0.408. The molecule has 1 N–H and O–H groups in total. The van der Waals surface area contributed by atoms with Crippen molar-refractivity contribution in [3.8, 4) is 5.75 Å². The maximum absolute atomic E-state index is 11.9. The van der Waals surface area contributed by atoms with Crippen LogP contribution in [0.5, 0.6) is 5.75 Å². The highest BCUT2D eigenvalue weighted by molar-refractivity contribution is 6.42. The average Bonchev–Trinajstić information content (AvgIpc) is 2.62. The fourth-order valence-corrected chi connectivity index (χ4v) is 2.81. The fourth-order valence-electron chi connectivity index (χ4n) is 2.46. The molecule has 0 unspecified atom stereocenters. The Bertz CT molecular complexity index is 1050. The number of rotatable bonds is 5. The second kappa shape index (κ2) is 8.33. The van der Waals surface area contributed by atoms with E-state index >= 15 is 0 Å². The molecule has 3 aromatic rings. The lowest BCUT2D eigenvalue weighted by atomic mass is 10.1. The van der Waals surface area contributed by atoms with E-state index in [4.69, 9.17) is 37.1 Å². The molecule has 0 fully saturated rings. The first-order valence-electron chi connectivity index (χ1n) is 8.05. The Labute approximate surface area is 164 Å². The van der Waals surface area contributed by atoms with Gasteiger partial charge in [0, 0.05) is 28.8 Å². The van der Waals surface area contributed by atoms with Crippen molar-refractivity contribution in [3.05, 3.63) is 68.5 Å². The molecule has 1 amide bonds. The van der Waals surface area contributed by atoms with E-state index in [9.17, 15) is 9.59 Å². The molecule has 0 spiro atoms. The highest BCUT2D eigenvalue weighted by Gasteiger charge is 2.11. The van der Waals surface area contributed by atoms with E-state index in [2.05, 4.69) is 5.32 Å². The molecule has 8 heteroatoms. The van der Waals surface area contributed by atoms with Gasteiger partial charge in [0.05, 0.1) is 11.6 Å². The molecule has 0 aliphatic heterocycles. The number of anilines is 1. The van der Waals surface area contributed by atoms with Crippen molar-refractivity contribution in [2.75, 3.05) is 11.9 Å². The number of carbonyl (C=O) groups is 1. The van der Waals surface area contributed by atoms with Crippen LogP contribution in [0.3, 0.4) is 0 Å². The maximum Gasteiger partial charge on any atom is 0.411 e. The van der Waals surface area contributed by atoms with E-state index in [1.807, 2.05) is 0 Å². The van der Waals surface area contributed by atoms with Crippen LogP contribution in [0.25, 0.3) is 11.0 Å². The molecule has 0 atom stereocenters. The molecular weight excluding hydrogens is 393 g/mol. The third-order valence-corrected chi connectivity index (χ3v) is 4.45. The van der Waals surface area contributed by atoms with Crippen molar-refractivity contribution < 1.29 is 18.7 Å². The Morgan fingerprint density at radius 3 is 2.78 bits per heavy atom. The zero-order valence-corrected chi connectivity index (χ0v) is 15.8. The summed E-state index contributed by atoms with van der Waals surface area (Å²) in [6, 6.07) is 11.3. The van der Waals surface area contributed by atoms with Gasteiger partial charge < -0.3 is 13.9 Å². The number of hydrogen-bond donors (Lipinski definition) is 1. The number of ether oxygens (including phenoxy) is 2. The quantitative estimate of drug-likeness (QED) is 0.584. The summed E-state index contributed by atoms with van der Waals surface area (Å²) in [7, 11) is 0. The Hall–Kier alpha value is -2.70. The fraction of sp³-hybridized carbons (Fsp3) is 0.158. The van der Waals surface area contributed by atoms with Gasteiger partial charge in [-0.15, -0.1) is 0 Å². The van der Waals surface area contributed by atoms with Crippen molar-refractivity contribution in [3.63, 3.8) is 0 Å². The number of amides is 1. The zero-order chi connectivity index (χ0) is 19.4. The number of carbonyl (C=O) groups excluding carboxylic acids is 1. The lowest BCUT2D eigenvalue weighted by Gasteiger charge is -2.11. The van der Waals surface area contributed by atoms with Crippen LogP contribution in [0.4, 0.5) is 10.5 Å². The predicted molar refractivity (Wildman–Crippen MR) is 104 cm³/mol. The van der Waals surface area contributed by atoms with Crippen LogP contribution >= 0.6 is 23.2 Å². The lowest BCUT2D eigenvalue weighted by molar-refractivity contribution is 0.168. The molecule has 140 valence electrons. The minimum atomic E-state index is -0.589. The number of nitrogens with one attached hydrogen (secondary N) is 1. The summed E-state index contributed by atoms with van der Waals surface area (Å²) < 4.78 is 15.8. The molecule has 2 aromatic carbocycles. The first-order chi connectivity index (χ1) is 13.0. The minimum Gasteiger partial charge on any atom is -0.487 e. The SMILES string of the molecule is CCOC(=O)Nc1ccc2c(COc3cccc(Cl)c3Cl)cc(=O)oc2c1. The summed E-state index contributed by atoms with van der Waals surface area (Å²) in [5.41, 5.74) is 0.833. The summed E-state index contributed by atoms with van der Waals surface area (Å²) >= 11 is 12.1. The second-order valence-corrected chi connectivity index (χ2v) is 6.27.